The second-order valence-electron chi connectivity index (χ2n) is 2.96. The summed E-state index contributed by atoms with van der Waals surface area (Å²) in [5, 5.41) is 21.9. The number of carboxylic acid groups (broad SMARTS) is 1. The van der Waals surface area contributed by atoms with Crippen molar-refractivity contribution in [1.82, 2.24) is 0 Å². The molecule has 0 aromatic heterocycles. The fourth-order valence-corrected chi connectivity index (χ4v) is 1.37. The zero-order chi connectivity index (χ0) is 12.1. The minimum absolute atomic E-state index is 0.0832. The SMILES string of the molecule is O=C(O)CCNc1c(Cl)cccc1[N+](=O)[O-]. The van der Waals surface area contributed by atoms with Crippen LogP contribution in [0, 0.1) is 10.1 Å². The van der Waals surface area contributed by atoms with Crippen molar-refractivity contribution < 1.29 is 14.8 Å². The minimum atomic E-state index is -0.984. The molecule has 86 valence electrons. The predicted octanol–water partition coefficient (Wildman–Crippen LogP) is 2.13. The Kier molecular flexibility index (Phi) is 4.07. The van der Waals surface area contributed by atoms with Crippen LogP contribution < -0.4 is 5.32 Å². The number of benzene rings is 1. The van der Waals surface area contributed by atoms with Crippen molar-refractivity contribution >= 4 is 28.9 Å². The summed E-state index contributed by atoms with van der Waals surface area (Å²) in [6.07, 6.45) is -0.137. The van der Waals surface area contributed by atoms with E-state index in [-0.39, 0.29) is 29.4 Å². The van der Waals surface area contributed by atoms with Gasteiger partial charge in [-0.1, -0.05) is 17.7 Å². The number of anilines is 1. The lowest BCUT2D eigenvalue weighted by molar-refractivity contribution is -0.383. The molecule has 0 bridgehead atoms. The molecule has 0 heterocycles. The average molecular weight is 245 g/mol. The van der Waals surface area contributed by atoms with E-state index in [1.54, 1.807) is 0 Å². The van der Waals surface area contributed by atoms with Gasteiger partial charge in [-0.25, -0.2) is 0 Å². The quantitative estimate of drug-likeness (QED) is 0.611. The first kappa shape index (κ1) is 12.3. The van der Waals surface area contributed by atoms with E-state index in [1.165, 1.54) is 18.2 Å². The summed E-state index contributed by atoms with van der Waals surface area (Å²) in [5.74, 6) is -0.984. The highest BCUT2D eigenvalue weighted by Crippen LogP contribution is 2.31. The summed E-state index contributed by atoms with van der Waals surface area (Å²) in [7, 11) is 0. The lowest BCUT2D eigenvalue weighted by Gasteiger charge is -2.07. The molecule has 0 fully saturated rings. The molecule has 1 rings (SSSR count). The zero-order valence-corrected chi connectivity index (χ0v) is 8.90. The van der Waals surface area contributed by atoms with Crippen molar-refractivity contribution in [3.8, 4) is 0 Å². The van der Waals surface area contributed by atoms with E-state index in [0.29, 0.717) is 0 Å². The Bertz CT molecular complexity index is 422. The number of carboxylic acids is 1. The molecular weight excluding hydrogens is 236 g/mol. The van der Waals surface area contributed by atoms with Crippen LogP contribution in [-0.2, 0) is 4.79 Å². The summed E-state index contributed by atoms with van der Waals surface area (Å²) in [4.78, 5) is 20.4. The maximum absolute atomic E-state index is 10.7. The van der Waals surface area contributed by atoms with Crippen LogP contribution in [0.3, 0.4) is 0 Å². The molecule has 0 aliphatic heterocycles. The van der Waals surface area contributed by atoms with Crippen molar-refractivity contribution in [2.75, 3.05) is 11.9 Å². The summed E-state index contributed by atoms with van der Waals surface area (Å²) in [6, 6.07) is 4.26. The normalized spacial score (nSPS) is 9.81. The molecule has 0 saturated heterocycles. The fourth-order valence-electron chi connectivity index (χ4n) is 1.13. The maximum atomic E-state index is 10.7. The van der Waals surface area contributed by atoms with E-state index in [4.69, 9.17) is 16.7 Å². The van der Waals surface area contributed by atoms with Gasteiger partial charge in [0.1, 0.15) is 5.69 Å². The largest absolute Gasteiger partial charge is 0.481 e. The van der Waals surface area contributed by atoms with Crippen molar-refractivity contribution in [2.45, 2.75) is 6.42 Å². The van der Waals surface area contributed by atoms with Crippen molar-refractivity contribution in [3.63, 3.8) is 0 Å². The number of nitro groups is 1. The van der Waals surface area contributed by atoms with Gasteiger partial charge in [0.05, 0.1) is 16.4 Å². The Morgan fingerprint density at radius 3 is 2.81 bits per heavy atom. The Morgan fingerprint density at radius 1 is 1.56 bits per heavy atom. The van der Waals surface area contributed by atoms with Crippen molar-refractivity contribution in [3.05, 3.63) is 33.3 Å². The van der Waals surface area contributed by atoms with Crippen LogP contribution in [0.2, 0.25) is 5.02 Å². The highest BCUT2D eigenvalue weighted by atomic mass is 35.5. The van der Waals surface area contributed by atoms with Gasteiger partial charge in [0.25, 0.3) is 5.69 Å². The van der Waals surface area contributed by atoms with E-state index < -0.39 is 10.9 Å². The second-order valence-corrected chi connectivity index (χ2v) is 3.37. The number of nitrogens with zero attached hydrogens (tertiary/aromatic N) is 1. The summed E-state index contributed by atoms with van der Waals surface area (Å²) < 4.78 is 0. The first-order valence-corrected chi connectivity index (χ1v) is 4.78. The van der Waals surface area contributed by atoms with Crippen LogP contribution in [0.1, 0.15) is 6.42 Å². The van der Waals surface area contributed by atoms with Crippen LogP contribution in [0.4, 0.5) is 11.4 Å². The van der Waals surface area contributed by atoms with Crippen LogP contribution in [0.25, 0.3) is 0 Å². The number of para-hydroxylation sites is 1. The second kappa shape index (κ2) is 5.32. The van der Waals surface area contributed by atoms with Gasteiger partial charge in [-0.15, -0.1) is 0 Å². The summed E-state index contributed by atoms with van der Waals surface area (Å²) >= 11 is 5.77. The first-order valence-electron chi connectivity index (χ1n) is 4.41. The van der Waals surface area contributed by atoms with E-state index in [9.17, 15) is 14.9 Å². The van der Waals surface area contributed by atoms with E-state index in [0.717, 1.165) is 0 Å². The summed E-state index contributed by atoms with van der Waals surface area (Å²) in [5.41, 5.74) is -0.0201. The zero-order valence-electron chi connectivity index (χ0n) is 8.14. The molecule has 2 N–H and O–H groups in total. The van der Waals surface area contributed by atoms with Crippen molar-refractivity contribution in [1.29, 1.82) is 0 Å². The molecule has 6 nitrogen and oxygen atoms in total. The van der Waals surface area contributed by atoms with E-state index in [2.05, 4.69) is 5.32 Å². The first-order chi connectivity index (χ1) is 7.52. The third-order valence-electron chi connectivity index (χ3n) is 1.83. The fraction of sp³-hybridized carbons (Fsp3) is 0.222. The van der Waals surface area contributed by atoms with E-state index in [1.807, 2.05) is 0 Å². The molecule has 7 heteroatoms. The molecule has 0 amide bonds. The van der Waals surface area contributed by atoms with Gasteiger partial charge in [-0.3, -0.25) is 14.9 Å². The standard InChI is InChI=1S/C9H9ClN2O4/c10-6-2-1-3-7(12(15)16)9(6)11-5-4-8(13)14/h1-3,11H,4-5H2,(H,13,14). The van der Waals surface area contributed by atoms with Gasteiger partial charge in [0, 0.05) is 12.6 Å². The number of nitrogens with one attached hydrogen (secondary N) is 1. The highest BCUT2D eigenvalue weighted by molar-refractivity contribution is 6.33. The highest BCUT2D eigenvalue weighted by Gasteiger charge is 2.16. The smallest absolute Gasteiger partial charge is 0.305 e. The van der Waals surface area contributed by atoms with Gasteiger partial charge in [-0.2, -0.15) is 0 Å². The number of nitro benzene ring substituents is 1. The van der Waals surface area contributed by atoms with Crippen molar-refractivity contribution in [2.24, 2.45) is 0 Å². The van der Waals surface area contributed by atoms with Gasteiger partial charge in [0.15, 0.2) is 0 Å². The minimum Gasteiger partial charge on any atom is -0.481 e. The monoisotopic (exact) mass is 244 g/mol. The van der Waals surface area contributed by atoms with Crippen LogP contribution in [-0.4, -0.2) is 22.5 Å². The number of hydrogen-bond donors (Lipinski definition) is 2. The molecule has 0 aliphatic rings. The van der Waals surface area contributed by atoms with Crippen LogP contribution in [0.5, 0.6) is 0 Å². The molecule has 16 heavy (non-hydrogen) atoms. The molecule has 0 unspecified atom stereocenters. The molecule has 0 radical (unpaired) electrons. The lowest BCUT2D eigenvalue weighted by atomic mass is 10.2. The van der Waals surface area contributed by atoms with Gasteiger partial charge in [-0.05, 0) is 6.07 Å². The third kappa shape index (κ3) is 3.09. The maximum Gasteiger partial charge on any atom is 0.305 e. The third-order valence-corrected chi connectivity index (χ3v) is 2.14. The molecular formula is C9H9ClN2O4. The topological polar surface area (TPSA) is 92.5 Å². The van der Waals surface area contributed by atoms with E-state index >= 15 is 0 Å². The average Bonchev–Trinajstić information content (AvgIpc) is 2.19. The summed E-state index contributed by atoms with van der Waals surface area (Å²) in [6.45, 7) is 0.0832. The molecule has 0 aliphatic carbocycles. The van der Waals surface area contributed by atoms with Crippen LogP contribution >= 0.6 is 11.6 Å². The molecule has 0 saturated carbocycles. The number of rotatable bonds is 5. The Hall–Kier alpha value is -1.82. The number of halogens is 1. The number of hydrogen-bond acceptors (Lipinski definition) is 4. The Labute approximate surface area is 96.0 Å². The number of aliphatic carboxylic acids is 1. The lowest BCUT2D eigenvalue weighted by Crippen LogP contribution is -2.09. The van der Waals surface area contributed by atoms with Gasteiger partial charge < -0.3 is 10.4 Å². The molecule has 0 atom stereocenters. The Morgan fingerprint density at radius 2 is 2.25 bits per heavy atom. The van der Waals surface area contributed by atoms with Gasteiger partial charge in [0.2, 0.25) is 0 Å². The molecule has 1 aromatic rings. The molecule has 0 spiro atoms. The predicted molar refractivity (Wildman–Crippen MR) is 58.8 cm³/mol. The van der Waals surface area contributed by atoms with Gasteiger partial charge >= 0.3 is 5.97 Å². The van der Waals surface area contributed by atoms with Crippen LogP contribution in [0.15, 0.2) is 18.2 Å². The molecule has 1 aromatic carbocycles. The Balaban J connectivity index is 2.84. The number of carbonyl (C=O) groups is 1.